The Morgan fingerprint density at radius 2 is 1.87 bits per heavy atom. The van der Waals surface area contributed by atoms with Crippen molar-refractivity contribution >= 4 is 46.5 Å². The lowest BCUT2D eigenvalue weighted by molar-refractivity contribution is 0.372. The first-order valence-corrected chi connectivity index (χ1v) is 13.5. The van der Waals surface area contributed by atoms with Crippen LogP contribution < -0.4 is 10.0 Å². The van der Waals surface area contributed by atoms with Crippen molar-refractivity contribution in [1.29, 1.82) is 0 Å². The Morgan fingerprint density at radius 3 is 2.50 bits per heavy atom. The molecule has 164 valence electrons. The van der Waals surface area contributed by atoms with Crippen LogP contribution in [-0.2, 0) is 14.6 Å². The first kappa shape index (κ1) is 23.5. The minimum atomic E-state index is -4.21. The van der Waals surface area contributed by atoms with E-state index in [0.717, 1.165) is 16.7 Å². The summed E-state index contributed by atoms with van der Waals surface area (Å²) in [4.78, 5) is 17.7. The molecule has 0 bridgehead atoms. The average Bonchev–Trinajstić information content (AvgIpc) is 2.60. The lowest BCUT2D eigenvalue weighted by Gasteiger charge is -2.32. The van der Waals surface area contributed by atoms with E-state index in [0.29, 0.717) is 22.3 Å². The molecular weight excluding hydrogens is 470 g/mol. The molecule has 30 heavy (non-hydrogen) atoms. The van der Waals surface area contributed by atoms with Crippen LogP contribution in [0.1, 0.15) is 42.0 Å². The molecule has 0 radical (unpaired) electrons. The third-order valence-corrected chi connectivity index (χ3v) is 7.81. The van der Waals surface area contributed by atoms with Crippen molar-refractivity contribution in [3.8, 4) is 0 Å². The second-order valence-electron chi connectivity index (χ2n) is 7.36. The van der Waals surface area contributed by atoms with E-state index >= 15 is 0 Å². The van der Waals surface area contributed by atoms with Crippen LogP contribution in [0.25, 0.3) is 0 Å². The SMILES string of the molecule is CC1NCC(c2ccc(NS(=O)(=O)CCCP(=O)(O)O)cc2)c2cc(Cl)cc(Cl)c21. The van der Waals surface area contributed by atoms with Gasteiger partial charge < -0.3 is 15.1 Å². The molecule has 0 spiro atoms. The fraction of sp³-hybridized carbons (Fsp3) is 0.368. The highest BCUT2D eigenvalue weighted by Gasteiger charge is 2.28. The zero-order chi connectivity index (χ0) is 22.1. The molecule has 1 aliphatic rings. The zero-order valence-electron chi connectivity index (χ0n) is 16.2. The van der Waals surface area contributed by atoms with Gasteiger partial charge in [0, 0.05) is 34.2 Å². The number of rotatable bonds is 7. The smallest absolute Gasteiger partial charge is 0.324 e. The highest BCUT2D eigenvalue weighted by molar-refractivity contribution is 7.92. The molecule has 2 unspecified atom stereocenters. The van der Waals surface area contributed by atoms with Gasteiger partial charge in [0.05, 0.1) is 11.9 Å². The summed E-state index contributed by atoms with van der Waals surface area (Å²) in [6.07, 6.45) is -0.591. The van der Waals surface area contributed by atoms with Gasteiger partial charge in [0.15, 0.2) is 0 Å². The van der Waals surface area contributed by atoms with Crippen molar-refractivity contribution in [2.24, 2.45) is 0 Å². The number of hydrogen-bond acceptors (Lipinski definition) is 4. The van der Waals surface area contributed by atoms with Crippen LogP contribution in [0.5, 0.6) is 0 Å². The predicted octanol–water partition coefficient (Wildman–Crippen LogP) is 4.10. The van der Waals surface area contributed by atoms with Gasteiger partial charge in [-0.05, 0) is 54.3 Å². The van der Waals surface area contributed by atoms with E-state index in [1.807, 2.05) is 25.1 Å². The fourth-order valence-electron chi connectivity index (χ4n) is 3.63. The molecule has 2 aromatic carbocycles. The minimum Gasteiger partial charge on any atom is -0.324 e. The molecule has 1 heterocycles. The van der Waals surface area contributed by atoms with E-state index < -0.39 is 23.8 Å². The van der Waals surface area contributed by atoms with Crippen LogP contribution >= 0.6 is 30.8 Å². The largest absolute Gasteiger partial charge is 0.325 e. The maximum absolute atomic E-state index is 12.1. The van der Waals surface area contributed by atoms with Gasteiger partial charge in [-0.2, -0.15) is 0 Å². The highest BCUT2D eigenvalue weighted by atomic mass is 35.5. The molecule has 11 heteroatoms. The standard InChI is InChI=1S/C19H23Cl2N2O5PS/c1-12-19-16(9-14(20)10-18(19)21)17(11-22-12)13-3-5-15(6-4-13)23-30(27,28)8-2-7-29(24,25)26/h3-6,9-10,12,17,22-23H,2,7-8,11H2,1H3,(H2,24,25,26). The molecule has 0 saturated carbocycles. The Morgan fingerprint density at radius 1 is 1.20 bits per heavy atom. The van der Waals surface area contributed by atoms with Crippen LogP contribution in [0, 0.1) is 0 Å². The van der Waals surface area contributed by atoms with Gasteiger partial charge >= 0.3 is 7.60 Å². The second kappa shape index (κ2) is 9.17. The van der Waals surface area contributed by atoms with E-state index in [4.69, 9.17) is 33.0 Å². The first-order valence-electron chi connectivity index (χ1n) is 9.32. The molecule has 0 amide bonds. The lowest BCUT2D eigenvalue weighted by atomic mass is 9.83. The molecule has 0 saturated heterocycles. The number of fused-ring (bicyclic) bond motifs is 1. The second-order valence-corrected chi connectivity index (χ2v) is 11.8. The summed E-state index contributed by atoms with van der Waals surface area (Å²) < 4.78 is 37.6. The lowest BCUT2D eigenvalue weighted by Crippen LogP contribution is -2.32. The van der Waals surface area contributed by atoms with Crippen LogP contribution in [0.4, 0.5) is 5.69 Å². The summed E-state index contributed by atoms with van der Waals surface area (Å²) in [5, 5.41) is 4.61. The summed E-state index contributed by atoms with van der Waals surface area (Å²) in [5.41, 5.74) is 3.42. The van der Waals surface area contributed by atoms with E-state index in [1.54, 1.807) is 18.2 Å². The van der Waals surface area contributed by atoms with E-state index in [2.05, 4.69) is 10.0 Å². The molecule has 0 aliphatic carbocycles. The number of halogens is 2. The predicted molar refractivity (Wildman–Crippen MR) is 120 cm³/mol. The normalized spacial score (nSPS) is 19.4. The molecule has 7 nitrogen and oxygen atoms in total. The van der Waals surface area contributed by atoms with E-state index in [1.165, 1.54) is 0 Å². The van der Waals surface area contributed by atoms with Crippen LogP contribution in [-0.4, -0.2) is 36.7 Å². The van der Waals surface area contributed by atoms with Crippen molar-refractivity contribution in [2.75, 3.05) is 23.2 Å². The molecule has 2 atom stereocenters. The van der Waals surface area contributed by atoms with Gasteiger partial charge in [0.2, 0.25) is 10.0 Å². The molecule has 2 aromatic rings. The molecule has 1 aliphatic heterocycles. The van der Waals surface area contributed by atoms with Crippen molar-refractivity contribution in [3.05, 3.63) is 63.1 Å². The van der Waals surface area contributed by atoms with E-state index in [-0.39, 0.29) is 24.1 Å². The third-order valence-electron chi connectivity index (χ3n) is 5.01. The fourth-order valence-corrected chi connectivity index (χ4v) is 6.21. The third kappa shape index (κ3) is 5.98. The van der Waals surface area contributed by atoms with Gasteiger partial charge in [-0.25, -0.2) is 8.42 Å². The Labute approximate surface area is 186 Å². The molecule has 4 N–H and O–H groups in total. The quantitative estimate of drug-likeness (QED) is 0.432. The van der Waals surface area contributed by atoms with E-state index in [9.17, 15) is 13.0 Å². The van der Waals surface area contributed by atoms with Crippen molar-refractivity contribution in [3.63, 3.8) is 0 Å². The Balaban J connectivity index is 1.76. The summed E-state index contributed by atoms with van der Waals surface area (Å²) in [6.45, 7) is 2.73. The van der Waals surface area contributed by atoms with Crippen molar-refractivity contribution < 1.29 is 22.8 Å². The summed E-state index contributed by atoms with van der Waals surface area (Å²) in [7, 11) is -7.91. The number of benzene rings is 2. The monoisotopic (exact) mass is 492 g/mol. The molecular formula is C19H23Cl2N2O5PS. The minimum absolute atomic E-state index is 0.0151. The maximum Gasteiger partial charge on any atom is 0.325 e. The van der Waals surface area contributed by atoms with Crippen LogP contribution in [0.2, 0.25) is 10.0 Å². The number of nitrogens with one attached hydrogen (secondary N) is 2. The number of anilines is 1. The van der Waals surface area contributed by atoms with Crippen LogP contribution in [0.3, 0.4) is 0 Å². The summed E-state index contributed by atoms with van der Waals surface area (Å²) in [6, 6.07) is 10.8. The number of hydrogen-bond donors (Lipinski definition) is 4. The van der Waals surface area contributed by atoms with Gasteiger partial charge in [-0.3, -0.25) is 9.29 Å². The maximum atomic E-state index is 12.1. The highest BCUT2D eigenvalue weighted by Crippen LogP contribution is 2.40. The van der Waals surface area contributed by atoms with Gasteiger partial charge in [0.1, 0.15) is 0 Å². The summed E-state index contributed by atoms with van der Waals surface area (Å²) >= 11 is 12.6. The average molecular weight is 493 g/mol. The van der Waals surface area contributed by atoms with Crippen molar-refractivity contribution in [2.45, 2.75) is 25.3 Å². The molecule has 0 fully saturated rings. The van der Waals surface area contributed by atoms with Gasteiger partial charge in [-0.15, -0.1) is 0 Å². The zero-order valence-corrected chi connectivity index (χ0v) is 19.4. The van der Waals surface area contributed by atoms with Crippen molar-refractivity contribution in [1.82, 2.24) is 5.32 Å². The molecule has 0 aromatic heterocycles. The molecule has 3 rings (SSSR count). The van der Waals surface area contributed by atoms with Gasteiger partial charge in [-0.1, -0.05) is 35.3 Å². The Kier molecular flexibility index (Phi) is 7.19. The van der Waals surface area contributed by atoms with Crippen LogP contribution in [0.15, 0.2) is 36.4 Å². The first-order chi connectivity index (χ1) is 14.0. The Hall–Kier alpha value is -1.12. The number of sulfonamides is 1. The summed E-state index contributed by atoms with van der Waals surface area (Å²) in [5.74, 6) is -0.351. The van der Waals surface area contributed by atoms with Gasteiger partial charge in [0.25, 0.3) is 0 Å². The Bertz CT molecular complexity index is 1070. The topological polar surface area (TPSA) is 116 Å².